The van der Waals surface area contributed by atoms with E-state index < -0.39 is 0 Å². The van der Waals surface area contributed by atoms with Crippen LogP contribution < -0.4 is 4.90 Å². The van der Waals surface area contributed by atoms with Gasteiger partial charge < -0.3 is 4.57 Å². The molecule has 2 amide bonds. The molecular weight excluding hydrogens is 470 g/mol. The van der Waals surface area contributed by atoms with Crippen LogP contribution in [0.4, 0.5) is 11.4 Å². The van der Waals surface area contributed by atoms with Crippen LogP contribution in [0.5, 0.6) is 0 Å². The number of benzene rings is 5. The molecule has 0 aliphatic carbocycles. The summed E-state index contributed by atoms with van der Waals surface area (Å²) in [5.74, 6) is -0.692. The summed E-state index contributed by atoms with van der Waals surface area (Å²) in [5, 5.41) is 1.91. The fourth-order valence-electron chi connectivity index (χ4n) is 5.43. The summed E-state index contributed by atoms with van der Waals surface area (Å²) in [6.45, 7) is 7.45. The predicted molar refractivity (Wildman–Crippen MR) is 150 cm³/mol. The second-order valence-corrected chi connectivity index (χ2v) is 9.23. The Morgan fingerprint density at radius 2 is 1.34 bits per heavy atom. The van der Waals surface area contributed by atoms with Crippen molar-refractivity contribution in [3.63, 3.8) is 0 Å². The summed E-state index contributed by atoms with van der Waals surface area (Å²) in [5.41, 5.74) is 6.19. The van der Waals surface area contributed by atoms with E-state index in [0.717, 1.165) is 32.9 Å². The average Bonchev–Trinajstić information content (AvgIpc) is 3.44. The van der Waals surface area contributed by atoms with E-state index in [4.69, 9.17) is 6.57 Å². The van der Waals surface area contributed by atoms with Crippen molar-refractivity contribution in [3.8, 4) is 16.8 Å². The Morgan fingerprint density at radius 1 is 0.605 bits per heavy atom. The van der Waals surface area contributed by atoms with Crippen LogP contribution in [0.3, 0.4) is 0 Å². The van der Waals surface area contributed by atoms with Gasteiger partial charge in [-0.1, -0.05) is 72.8 Å². The molecule has 1 aromatic heterocycles. The average molecular weight is 490 g/mol. The normalized spacial score (nSPS) is 12.8. The lowest BCUT2D eigenvalue weighted by atomic mass is 10.0. The number of aromatic nitrogens is 1. The molecule has 1 aliphatic heterocycles. The van der Waals surface area contributed by atoms with Crippen molar-refractivity contribution < 1.29 is 9.59 Å². The minimum atomic E-state index is -0.352. The molecule has 1 aliphatic rings. The monoisotopic (exact) mass is 489 g/mol. The molecule has 0 saturated carbocycles. The van der Waals surface area contributed by atoms with Gasteiger partial charge in [-0.25, -0.2) is 9.74 Å². The SMILES string of the molecule is [C-]#[N+]c1ccc2c(c1)c1ccccc1n2-c1cccc2c1C(=O)N(c1cccc(-c3ccccc3)c1)C2=O. The maximum absolute atomic E-state index is 14.0. The van der Waals surface area contributed by atoms with Crippen molar-refractivity contribution in [2.24, 2.45) is 0 Å². The first-order chi connectivity index (χ1) is 18.7. The second-order valence-electron chi connectivity index (χ2n) is 9.23. The van der Waals surface area contributed by atoms with Crippen molar-refractivity contribution in [2.45, 2.75) is 0 Å². The zero-order valence-electron chi connectivity index (χ0n) is 20.1. The molecule has 0 bridgehead atoms. The molecule has 0 unspecified atom stereocenters. The Balaban J connectivity index is 1.42. The first kappa shape index (κ1) is 21.8. The summed E-state index contributed by atoms with van der Waals surface area (Å²) < 4.78 is 2.02. The predicted octanol–water partition coefficient (Wildman–Crippen LogP) is 7.80. The highest BCUT2D eigenvalue weighted by molar-refractivity contribution is 6.36. The van der Waals surface area contributed by atoms with Gasteiger partial charge in [-0.15, -0.1) is 0 Å². The van der Waals surface area contributed by atoms with E-state index in [-0.39, 0.29) is 11.8 Å². The van der Waals surface area contributed by atoms with Crippen molar-refractivity contribution in [2.75, 3.05) is 4.90 Å². The largest absolute Gasteiger partial charge is 0.309 e. The standard InChI is InChI=1S/C33H19N3O2/c1-34-23-17-18-29-27(20-23)25-13-5-6-15-28(25)36(29)30-16-8-14-26-31(30)33(38)35(32(26)37)24-12-7-11-22(19-24)21-9-3-2-4-10-21/h2-20H. The van der Waals surface area contributed by atoms with Crippen LogP contribution in [0.2, 0.25) is 0 Å². The smallest absolute Gasteiger partial charge is 0.268 e. The number of amides is 2. The van der Waals surface area contributed by atoms with Gasteiger partial charge >= 0.3 is 0 Å². The highest BCUT2D eigenvalue weighted by Gasteiger charge is 2.39. The number of nitrogens with zero attached hydrogens (tertiary/aromatic N) is 3. The minimum absolute atomic E-state index is 0.340. The summed E-state index contributed by atoms with van der Waals surface area (Å²) in [4.78, 5) is 32.5. The first-order valence-corrected chi connectivity index (χ1v) is 12.2. The Bertz CT molecular complexity index is 1980. The van der Waals surface area contributed by atoms with E-state index in [0.29, 0.717) is 28.2 Å². The molecule has 0 N–H and O–H groups in total. The topological polar surface area (TPSA) is 46.7 Å². The van der Waals surface area contributed by atoms with Crippen molar-refractivity contribution in [3.05, 3.63) is 138 Å². The number of hydrogen-bond donors (Lipinski definition) is 0. The molecule has 5 aromatic carbocycles. The van der Waals surface area contributed by atoms with Gasteiger partial charge in [-0.2, -0.15) is 0 Å². The maximum atomic E-state index is 14.0. The minimum Gasteiger partial charge on any atom is -0.309 e. The number of anilines is 1. The van der Waals surface area contributed by atoms with Gasteiger partial charge in [-0.05, 0) is 59.0 Å². The Kier molecular flexibility index (Phi) is 4.75. The first-order valence-electron chi connectivity index (χ1n) is 12.2. The van der Waals surface area contributed by atoms with E-state index >= 15 is 0 Å². The molecule has 0 saturated heterocycles. The Hall–Kier alpha value is -5.47. The van der Waals surface area contributed by atoms with Crippen LogP contribution >= 0.6 is 0 Å². The van der Waals surface area contributed by atoms with Gasteiger partial charge in [0.1, 0.15) is 0 Å². The molecule has 0 atom stereocenters. The van der Waals surface area contributed by atoms with Gasteiger partial charge in [0.05, 0.1) is 40.1 Å². The number of para-hydroxylation sites is 1. The fourth-order valence-corrected chi connectivity index (χ4v) is 5.43. The number of imide groups is 1. The Morgan fingerprint density at radius 3 is 2.18 bits per heavy atom. The molecule has 38 heavy (non-hydrogen) atoms. The molecule has 178 valence electrons. The highest BCUT2D eigenvalue weighted by Crippen LogP contribution is 2.39. The number of rotatable bonds is 3. The molecule has 5 heteroatoms. The van der Waals surface area contributed by atoms with Crippen LogP contribution in [0.15, 0.2) is 115 Å². The third kappa shape index (κ3) is 3.11. The van der Waals surface area contributed by atoms with Crippen molar-refractivity contribution in [1.82, 2.24) is 4.57 Å². The maximum Gasteiger partial charge on any atom is 0.268 e. The van der Waals surface area contributed by atoms with E-state index in [1.807, 2.05) is 102 Å². The summed E-state index contributed by atoms with van der Waals surface area (Å²) in [6, 6.07) is 36.3. The number of carbonyl (C=O) groups excluding carboxylic acids is 2. The van der Waals surface area contributed by atoms with Crippen LogP contribution in [0.1, 0.15) is 20.7 Å². The van der Waals surface area contributed by atoms with Crippen LogP contribution in [-0.4, -0.2) is 16.4 Å². The molecule has 5 nitrogen and oxygen atoms in total. The van der Waals surface area contributed by atoms with Crippen molar-refractivity contribution in [1.29, 1.82) is 0 Å². The zero-order valence-corrected chi connectivity index (χ0v) is 20.1. The number of fused-ring (bicyclic) bond motifs is 4. The molecule has 0 fully saturated rings. The Labute approximate surface area is 218 Å². The lowest BCUT2D eigenvalue weighted by Crippen LogP contribution is -2.29. The van der Waals surface area contributed by atoms with E-state index in [1.54, 1.807) is 18.2 Å². The van der Waals surface area contributed by atoms with Gasteiger partial charge in [0.25, 0.3) is 11.8 Å². The summed E-state index contributed by atoms with van der Waals surface area (Å²) in [6.07, 6.45) is 0. The van der Waals surface area contributed by atoms with Gasteiger partial charge in [0.15, 0.2) is 5.69 Å². The van der Waals surface area contributed by atoms with E-state index in [9.17, 15) is 9.59 Å². The highest BCUT2D eigenvalue weighted by atomic mass is 16.2. The fraction of sp³-hybridized carbons (Fsp3) is 0. The van der Waals surface area contributed by atoms with Gasteiger partial charge in [-0.3, -0.25) is 9.59 Å². The number of carbonyl (C=O) groups is 2. The van der Waals surface area contributed by atoms with E-state index in [1.165, 1.54) is 4.90 Å². The third-order valence-electron chi connectivity index (χ3n) is 7.13. The van der Waals surface area contributed by atoms with E-state index in [2.05, 4.69) is 4.85 Å². The number of hydrogen-bond acceptors (Lipinski definition) is 2. The quantitative estimate of drug-likeness (QED) is 0.188. The lowest BCUT2D eigenvalue weighted by Gasteiger charge is -2.16. The summed E-state index contributed by atoms with van der Waals surface area (Å²) >= 11 is 0. The second kappa shape index (κ2) is 8.29. The van der Waals surface area contributed by atoms with Crippen LogP contribution in [-0.2, 0) is 0 Å². The molecular formula is C33H19N3O2. The zero-order chi connectivity index (χ0) is 25.8. The van der Waals surface area contributed by atoms with Gasteiger partial charge in [0.2, 0.25) is 0 Å². The van der Waals surface area contributed by atoms with Gasteiger partial charge in [0, 0.05) is 5.39 Å². The lowest BCUT2D eigenvalue weighted by molar-refractivity contribution is 0.0926. The molecule has 0 radical (unpaired) electrons. The molecule has 6 aromatic rings. The molecule has 7 rings (SSSR count). The van der Waals surface area contributed by atoms with Crippen molar-refractivity contribution >= 4 is 45.0 Å². The third-order valence-corrected chi connectivity index (χ3v) is 7.13. The molecule has 2 heterocycles. The van der Waals surface area contributed by atoms with Crippen LogP contribution in [0, 0.1) is 6.57 Å². The summed E-state index contributed by atoms with van der Waals surface area (Å²) in [7, 11) is 0. The molecule has 0 spiro atoms. The van der Waals surface area contributed by atoms with Crippen LogP contribution in [0.25, 0.3) is 43.5 Å².